The van der Waals surface area contributed by atoms with E-state index in [0.29, 0.717) is 13.2 Å². The van der Waals surface area contributed by atoms with Crippen LogP contribution >= 0.6 is 0 Å². The fraction of sp³-hybridized carbons (Fsp3) is 0.533. The third kappa shape index (κ3) is 3.84. The lowest BCUT2D eigenvalue weighted by Gasteiger charge is -2.20. The lowest BCUT2D eigenvalue weighted by molar-refractivity contribution is 0.0936. The number of hydrogen-bond donors (Lipinski definition) is 1. The normalized spacial score (nSPS) is 11.4. The van der Waals surface area contributed by atoms with Crippen LogP contribution in [0.5, 0.6) is 0 Å². The average molecular weight is 249 g/mol. The van der Waals surface area contributed by atoms with Crippen LogP contribution in [0.3, 0.4) is 0 Å². The number of amides is 1. The fourth-order valence-electron chi connectivity index (χ4n) is 1.69. The van der Waals surface area contributed by atoms with E-state index in [4.69, 9.17) is 4.74 Å². The molecular weight excluding hydrogens is 226 g/mol. The second-order valence-electron chi connectivity index (χ2n) is 5.53. The molecule has 0 aliphatic heterocycles. The van der Waals surface area contributed by atoms with Crippen LogP contribution < -0.4 is 5.32 Å². The zero-order valence-corrected chi connectivity index (χ0v) is 12.0. The highest BCUT2D eigenvalue weighted by Gasteiger charge is 2.17. The summed E-state index contributed by atoms with van der Waals surface area (Å²) < 4.78 is 4.92. The largest absolute Gasteiger partial charge is 0.383 e. The van der Waals surface area contributed by atoms with Gasteiger partial charge in [-0.05, 0) is 29.5 Å². The summed E-state index contributed by atoms with van der Waals surface area (Å²) in [5.74, 6) is -0.0318. The smallest absolute Gasteiger partial charge is 0.251 e. The highest BCUT2D eigenvalue weighted by atomic mass is 16.5. The van der Waals surface area contributed by atoms with Crippen molar-refractivity contribution >= 4 is 5.91 Å². The molecule has 3 heteroatoms. The van der Waals surface area contributed by atoms with Gasteiger partial charge in [-0.2, -0.15) is 0 Å². The summed E-state index contributed by atoms with van der Waals surface area (Å²) in [6.07, 6.45) is 0. The van der Waals surface area contributed by atoms with E-state index in [0.717, 1.165) is 11.1 Å². The molecule has 0 spiro atoms. The monoisotopic (exact) mass is 249 g/mol. The van der Waals surface area contributed by atoms with Crippen LogP contribution in [-0.2, 0) is 10.2 Å². The van der Waals surface area contributed by atoms with Gasteiger partial charge < -0.3 is 10.1 Å². The van der Waals surface area contributed by atoms with E-state index in [-0.39, 0.29) is 11.3 Å². The first-order valence-corrected chi connectivity index (χ1v) is 6.24. The van der Waals surface area contributed by atoms with Crippen LogP contribution in [0, 0.1) is 6.92 Å². The standard InChI is InChI=1S/C15H23NO2/c1-11-6-7-12(15(2,3)4)10-13(11)14(17)16-8-9-18-5/h6-7,10H,8-9H2,1-5H3,(H,16,17). The molecule has 0 aliphatic rings. The van der Waals surface area contributed by atoms with Crippen LogP contribution in [0.25, 0.3) is 0 Å². The van der Waals surface area contributed by atoms with E-state index in [9.17, 15) is 4.79 Å². The second kappa shape index (κ2) is 6.01. The summed E-state index contributed by atoms with van der Waals surface area (Å²) in [6.45, 7) is 9.45. The molecule has 0 saturated carbocycles. The lowest BCUT2D eigenvalue weighted by Crippen LogP contribution is -2.28. The van der Waals surface area contributed by atoms with E-state index in [1.54, 1.807) is 7.11 Å². The molecule has 0 atom stereocenters. The van der Waals surface area contributed by atoms with E-state index < -0.39 is 0 Å². The van der Waals surface area contributed by atoms with Gasteiger partial charge in [0.25, 0.3) is 5.91 Å². The molecule has 1 N–H and O–H groups in total. The molecule has 0 bridgehead atoms. The summed E-state index contributed by atoms with van der Waals surface area (Å²) in [4.78, 5) is 12.1. The van der Waals surface area contributed by atoms with Crippen LogP contribution in [0.15, 0.2) is 18.2 Å². The van der Waals surface area contributed by atoms with Crippen molar-refractivity contribution in [1.82, 2.24) is 5.32 Å². The SMILES string of the molecule is COCCNC(=O)c1cc(C(C)(C)C)ccc1C. The molecule has 0 unspecified atom stereocenters. The summed E-state index contributed by atoms with van der Waals surface area (Å²) in [7, 11) is 1.62. The second-order valence-corrected chi connectivity index (χ2v) is 5.53. The van der Waals surface area contributed by atoms with Crippen molar-refractivity contribution < 1.29 is 9.53 Å². The van der Waals surface area contributed by atoms with Crippen molar-refractivity contribution in [3.05, 3.63) is 34.9 Å². The van der Waals surface area contributed by atoms with Crippen molar-refractivity contribution in [3.63, 3.8) is 0 Å². The number of carbonyl (C=O) groups is 1. The van der Waals surface area contributed by atoms with Crippen LogP contribution in [0.2, 0.25) is 0 Å². The number of hydrogen-bond acceptors (Lipinski definition) is 2. The third-order valence-corrected chi connectivity index (χ3v) is 2.94. The molecule has 1 amide bonds. The molecule has 0 radical (unpaired) electrons. The molecule has 1 aromatic rings. The van der Waals surface area contributed by atoms with Crippen LogP contribution in [0.1, 0.15) is 42.3 Å². The van der Waals surface area contributed by atoms with E-state index >= 15 is 0 Å². The summed E-state index contributed by atoms with van der Waals surface area (Å²) >= 11 is 0. The third-order valence-electron chi connectivity index (χ3n) is 2.94. The highest BCUT2D eigenvalue weighted by Crippen LogP contribution is 2.24. The first-order valence-electron chi connectivity index (χ1n) is 6.24. The molecule has 0 aromatic heterocycles. The van der Waals surface area contributed by atoms with Gasteiger partial charge in [-0.1, -0.05) is 32.9 Å². The molecule has 18 heavy (non-hydrogen) atoms. The molecule has 3 nitrogen and oxygen atoms in total. The quantitative estimate of drug-likeness (QED) is 0.833. The molecule has 0 saturated heterocycles. The molecular formula is C15H23NO2. The number of ether oxygens (including phenoxy) is 1. The summed E-state index contributed by atoms with van der Waals surface area (Å²) in [6, 6.07) is 6.07. The maximum Gasteiger partial charge on any atom is 0.251 e. The van der Waals surface area contributed by atoms with Crippen molar-refractivity contribution in [2.75, 3.05) is 20.3 Å². The Morgan fingerprint density at radius 1 is 1.33 bits per heavy atom. The predicted octanol–water partition coefficient (Wildman–Crippen LogP) is 2.67. The van der Waals surface area contributed by atoms with Gasteiger partial charge in [-0.25, -0.2) is 0 Å². The topological polar surface area (TPSA) is 38.3 Å². The Hall–Kier alpha value is -1.35. The van der Waals surface area contributed by atoms with E-state index in [1.807, 2.05) is 19.1 Å². The number of methoxy groups -OCH3 is 1. The van der Waals surface area contributed by atoms with Gasteiger partial charge in [0.15, 0.2) is 0 Å². The Bertz CT molecular complexity index is 419. The Labute approximate surface area is 110 Å². The molecule has 0 fully saturated rings. The molecule has 100 valence electrons. The molecule has 0 aliphatic carbocycles. The van der Waals surface area contributed by atoms with Crippen LogP contribution in [0.4, 0.5) is 0 Å². The van der Waals surface area contributed by atoms with Gasteiger partial charge in [0, 0.05) is 19.2 Å². The van der Waals surface area contributed by atoms with Gasteiger partial charge in [-0.15, -0.1) is 0 Å². The highest BCUT2D eigenvalue weighted by molar-refractivity contribution is 5.95. The van der Waals surface area contributed by atoms with Crippen molar-refractivity contribution in [2.24, 2.45) is 0 Å². The van der Waals surface area contributed by atoms with E-state index in [1.165, 1.54) is 5.56 Å². The molecule has 1 rings (SSSR count). The zero-order valence-electron chi connectivity index (χ0n) is 12.0. The van der Waals surface area contributed by atoms with E-state index in [2.05, 4.69) is 32.2 Å². The van der Waals surface area contributed by atoms with Gasteiger partial charge in [0.05, 0.1) is 6.61 Å². The first kappa shape index (κ1) is 14.7. The van der Waals surface area contributed by atoms with Crippen LogP contribution in [-0.4, -0.2) is 26.2 Å². The van der Waals surface area contributed by atoms with Gasteiger partial charge in [-0.3, -0.25) is 4.79 Å². The number of carbonyl (C=O) groups excluding carboxylic acids is 1. The van der Waals surface area contributed by atoms with Crippen molar-refractivity contribution in [1.29, 1.82) is 0 Å². The van der Waals surface area contributed by atoms with Gasteiger partial charge in [0.2, 0.25) is 0 Å². The number of rotatable bonds is 4. The molecule has 0 heterocycles. The van der Waals surface area contributed by atoms with Gasteiger partial charge >= 0.3 is 0 Å². The minimum absolute atomic E-state index is 0.0318. The Morgan fingerprint density at radius 2 is 2.00 bits per heavy atom. The Balaban J connectivity index is 2.90. The van der Waals surface area contributed by atoms with Gasteiger partial charge in [0.1, 0.15) is 0 Å². The number of benzene rings is 1. The average Bonchev–Trinajstić information content (AvgIpc) is 2.28. The maximum atomic E-state index is 12.1. The molecule has 1 aromatic carbocycles. The Morgan fingerprint density at radius 3 is 2.56 bits per heavy atom. The summed E-state index contributed by atoms with van der Waals surface area (Å²) in [5, 5.41) is 2.86. The Kier molecular flexibility index (Phi) is 4.91. The first-order chi connectivity index (χ1) is 8.36. The predicted molar refractivity (Wildman–Crippen MR) is 74.1 cm³/mol. The van der Waals surface area contributed by atoms with Crippen molar-refractivity contribution in [3.8, 4) is 0 Å². The fourth-order valence-corrected chi connectivity index (χ4v) is 1.69. The maximum absolute atomic E-state index is 12.1. The minimum Gasteiger partial charge on any atom is -0.383 e. The lowest BCUT2D eigenvalue weighted by atomic mass is 9.85. The number of nitrogens with one attached hydrogen (secondary N) is 1. The van der Waals surface area contributed by atoms with Crippen molar-refractivity contribution in [2.45, 2.75) is 33.1 Å². The summed E-state index contributed by atoms with van der Waals surface area (Å²) in [5.41, 5.74) is 2.97. The minimum atomic E-state index is -0.0318. The zero-order chi connectivity index (χ0) is 13.8. The number of aryl methyl sites for hydroxylation is 1.